The Morgan fingerprint density at radius 1 is 0.253 bits per heavy atom. The highest BCUT2D eigenvalue weighted by molar-refractivity contribution is 5.71. The van der Waals surface area contributed by atoms with Crippen LogP contribution in [-0.2, 0) is 28.6 Å². The Balaban J connectivity index is 4.33. The summed E-state index contributed by atoms with van der Waals surface area (Å²) in [6.45, 7) is 6.35. The second-order valence-electron chi connectivity index (χ2n) is 21.6. The maximum atomic E-state index is 12.9. The minimum absolute atomic E-state index is 0.102. The van der Waals surface area contributed by atoms with Crippen molar-refractivity contribution in [2.24, 2.45) is 0 Å². The summed E-state index contributed by atoms with van der Waals surface area (Å²) in [5.41, 5.74) is 0. The van der Waals surface area contributed by atoms with Crippen molar-refractivity contribution in [1.29, 1.82) is 0 Å². The quantitative estimate of drug-likeness (QED) is 0.0261. The molecule has 466 valence electrons. The fraction of sp³-hybridized carbons (Fsp3) is 0.597. The standard InChI is InChI=1S/C77H122O6/c1-4-7-10-13-16-19-22-25-28-29-30-31-32-33-34-35-36-37-38-39-40-41-42-43-44-45-46-47-50-52-55-58-61-64-67-70-76(79)82-73-74(83-77(80)71-68-65-62-59-56-53-49-27-24-21-18-15-12-9-6-3)72-81-75(78)69-66-63-60-57-54-51-48-26-23-20-17-14-11-8-5-2/h7,9-10,12,16-21,25-28,30-31,33-34,36-37,39-40,42-43,45-46,48-49,74H,4-6,8,11,13-15,22-24,29,32,35,38,41,44,47,50-73H2,1-3H3/b10-7-,12-9-,19-16-,20-17-,21-18-,28-25-,31-30-,34-33-,37-36-,40-39-,43-42-,46-45-,48-26-,49-27-. The van der Waals surface area contributed by atoms with Crippen LogP contribution in [-0.4, -0.2) is 37.2 Å². The molecule has 0 aliphatic heterocycles. The van der Waals surface area contributed by atoms with Crippen LogP contribution in [0.15, 0.2) is 170 Å². The lowest BCUT2D eigenvalue weighted by Gasteiger charge is -2.18. The van der Waals surface area contributed by atoms with Gasteiger partial charge in [-0.3, -0.25) is 14.4 Å². The molecule has 0 aromatic carbocycles. The van der Waals surface area contributed by atoms with E-state index in [1.165, 1.54) is 51.4 Å². The van der Waals surface area contributed by atoms with Gasteiger partial charge >= 0.3 is 17.9 Å². The molecule has 0 bridgehead atoms. The monoisotopic (exact) mass is 1140 g/mol. The van der Waals surface area contributed by atoms with Gasteiger partial charge in [0.05, 0.1) is 0 Å². The molecule has 0 aromatic heterocycles. The third kappa shape index (κ3) is 67.4. The Bertz CT molecular complexity index is 1890. The maximum absolute atomic E-state index is 12.9. The number of unbranched alkanes of at least 4 members (excludes halogenated alkanes) is 20. The van der Waals surface area contributed by atoms with E-state index >= 15 is 0 Å². The lowest BCUT2D eigenvalue weighted by atomic mass is 10.1. The van der Waals surface area contributed by atoms with E-state index in [0.29, 0.717) is 19.3 Å². The highest BCUT2D eigenvalue weighted by Gasteiger charge is 2.19. The molecule has 6 nitrogen and oxygen atoms in total. The predicted octanol–water partition coefficient (Wildman–Crippen LogP) is 23.4. The Morgan fingerprint density at radius 3 is 0.735 bits per heavy atom. The van der Waals surface area contributed by atoms with Crippen LogP contribution in [0.25, 0.3) is 0 Å². The molecule has 1 unspecified atom stereocenters. The fourth-order valence-corrected chi connectivity index (χ4v) is 8.71. The Kier molecular flexibility index (Phi) is 64.9. The molecule has 0 rings (SSSR count). The van der Waals surface area contributed by atoms with Gasteiger partial charge in [-0.1, -0.05) is 274 Å². The molecule has 0 amide bonds. The molecule has 0 aliphatic carbocycles. The Morgan fingerprint density at radius 2 is 0.470 bits per heavy atom. The number of esters is 3. The second-order valence-corrected chi connectivity index (χ2v) is 21.6. The first-order chi connectivity index (χ1) is 41.0. The molecule has 1 atom stereocenters. The van der Waals surface area contributed by atoms with Crippen molar-refractivity contribution in [3.8, 4) is 0 Å². The van der Waals surface area contributed by atoms with Gasteiger partial charge in [0, 0.05) is 19.3 Å². The third-order valence-electron chi connectivity index (χ3n) is 13.7. The highest BCUT2D eigenvalue weighted by atomic mass is 16.6. The van der Waals surface area contributed by atoms with Gasteiger partial charge in [0.2, 0.25) is 0 Å². The van der Waals surface area contributed by atoms with Crippen LogP contribution in [0.5, 0.6) is 0 Å². The van der Waals surface area contributed by atoms with E-state index in [9.17, 15) is 14.4 Å². The van der Waals surface area contributed by atoms with E-state index < -0.39 is 6.10 Å². The second kappa shape index (κ2) is 69.3. The summed E-state index contributed by atoms with van der Waals surface area (Å²) < 4.78 is 16.9. The summed E-state index contributed by atoms with van der Waals surface area (Å²) in [4.78, 5) is 38.3. The van der Waals surface area contributed by atoms with Crippen LogP contribution in [0.3, 0.4) is 0 Å². The molecule has 0 N–H and O–H groups in total. The number of carbonyl (C=O) groups is 3. The normalized spacial score (nSPS) is 13.2. The van der Waals surface area contributed by atoms with Crippen molar-refractivity contribution in [2.75, 3.05) is 13.2 Å². The molecule has 0 saturated carbocycles. The molecule has 6 heteroatoms. The lowest BCUT2D eigenvalue weighted by molar-refractivity contribution is -0.167. The molecule has 0 radical (unpaired) electrons. The van der Waals surface area contributed by atoms with Crippen molar-refractivity contribution in [3.63, 3.8) is 0 Å². The van der Waals surface area contributed by atoms with Gasteiger partial charge in [-0.15, -0.1) is 0 Å². The zero-order chi connectivity index (χ0) is 59.9. The highest BCUT2D eigenvalue weighted by Crippen LogP contribution is 2.14. The van der Waals surface area contributed by atoms with Crippen molar-refractivity contribution in [1.82, 2.24) is 0 Å². The molecular weight excluding hydrogens is 1020 g/mol. The molecule has 83 heavy (non-hydrogen) atoms. The van der Waals surface area contributed by atoms with E-state index in [-0.39, 0.29) is 31.1 Å². The van der Waals surface area contributed by atoms with Crippen molar-refractivity contribution in [2.45, 2.75) is 284 Å². The Hall–Kier alpha value is -5.23. The van der Waals surface area contributed by atoms with Gasteiger partial charge in [-0.25, -0.2) is 0 Å². The Labute approximate surface area is 511 Å². The third-order valence-corrected chi connectivity index (χ3v) is 13.7. The van der Waals surface area contributed by atoms with Crippen LogP contribution in [0.1, 0.15) is 278 Å². The summed E-state index contributed by atoms with van der Waals surface area (Å²) in [6.07, 6.45) is 102. The zero-order valence-corrected chi connectivity index (χ0v) is 53.4. The molecule has 0 aliphatic rings. The minimum atomic E-state index is -0.807. The maximum Gasteiger partial charge on any atom is 0.306 e. The average Bonchev–Trinajstić information content (AvgIpc) is 3.49. The van der Waals surface area contributed by atoms with Crippen LogP contribution in [0.4, 0.5) is 0 Å². The number of carbonyl (C=O) groups excluding carboxylic acids is 3. The first-order valence-corrected chi connectivity index (χ1v) is 33.6. The molecular formula is C77H122O6. The summed E-state index contributed by atoms with van der Waals surface area (Å²) in [5.74, 6) is -0.946. The van der Waals surface area contributed by atoms with Crippen molar-refractivity contribution in [3.05, 3.63) is 170 Å². The van der Waals surface area contributed by atoms with Gasteiger partial charge in [-0.05, 0) is 154 Å². The first-order valence-electron chi connectivity index (χ1n) is 33.6. The fourth-order valence-electron chi connectivity index (χ4n) is 8.71. The summed E-state index contributed by atoms with van der Waals surface area (Å²) in [5, 5.41) is 0. The van der Waals surface area contributed by atoms with Gasteiger partial charge in [-0.2, -0.15) is 0 Å². The number of rotatable bonds is 59. The van der Waals surface area contributed by atoms with Gasteiger partial charge in [0.1, 0.15) is 13.2 Å². The van der Waals surface area contributed by atoms with E-state index in [1.54, 1.807) is 0 Å². The summed E-state index contributed by atoms with van der Waals surface area (Å²) in [6, 6.07) is 0. The van der Waals surface area contributed by atoms with E-state index in [2.05, 4.69) is 191 Å². The lowest BCUT2D eigenvalue weighted by Crippen LogP contribution is -2.30. The number of allylic oxidation sites excluding steroid dienone is 28. The van der Waals surface area contributed by atoms with Crippen LogP contribution < -0.4 is 0 Å². The zero-order valence-electron chi connectivity index (χ0n) is 53.4. The topological polar surface area (TPSA) is 78.9 Å². The van der Waals surface area contributed by atoms with Crippen molar-refractivity contribution >= 4 is 17.9 Å². The number of hydrogen-bond acceptors (Lipinski definition) is 6. The molecule has 0 fully saturated rings. The van der Waals surface area contributed by atoms with Gasteiger partial charge in [0.15, 0.2) is 6.10 Å². The number of ether oxygens (including phenoxy) is 3. The number of hydrogen-bond donors (Lipinski definition) is 0. The average molecular weight is 1140 g/mol. The van der Waals surface area contributed by atoms with Gasteiger partial charge in [0.25, 0.3) is 0 Å². The van der Waals surface area contributed by atoms with E-state index in [1.807, 2.05) is 0 Å². The SMILES string of the molecule is CC/C=C\C/C=C\C/C=C\C/C=C\C/C=C\C/C=C\C/C=C\C/C=C\C/C=C\CCCCCCCCCC(=O)OCC(COC(=O)CCCCCCC/C=C\C/C=C\CCCCC)OC(=O)CCCCCCC/C=C\C/C=C\C/C=C\CC. The molecule has 0 spiro atoms. The van der Waals surface area contributed by atoms with E-state index in [0.717, 1.165) is 186 Å². The van der Waals surface area contributed by atoms with Gasteiger partial charge < -0.3 is 14.2 Å². The molecule has 0 heterocycles. The van der Waals surface area contributed by atoms with Crippen LogP contribution in [0, 0.1) is 0 Å². The van der Waals surface area contributed by atoms with E-state index in [4.69, 9.17) is 14.2 Å². The smallest absolute Gasteiger partial charge is 0.306 e. The summed E-state index contributed by atoms with van der Waals surface area (Å²) in [7, 11) is 0. The minimum Gasteiger partial charge on any atom is -0.462 e. The predicted molar refractivity (Wildman–Crippen MR) is 361 cm³/mol. The first kappa shape index (κ1) is 77.8. The van der Waals surface area contributed by atoms with Crippen LogP contribution in [0.2, 0.25) is 0 Å². The van der Waals surface area contributed by atoms with Crippen molar-refractivity contribution < 1.29 is 28.6 Å². The largest absolute Gasteiger partial charge is 0.462 e. The molecule has 0 aromatic rings. The summed E-state index contributed by atoms with van der Waals surface area (Å²) >= 11 is 0. The molecule has 0 saturated heterocycles. The van der Waals surface area contributed by atoms with Crippen LogP contribution >= 0.6 is 0 Å².